The van der Waals surface area contributed by atoms with Crippen molar-refractivity contribution in [2.24, 2.45) is 0 Å². The van der Waals surface area contributed by atoms with Crippen LogP contribution in [0.15, 0.2) is 29.3 Å². The molecule has 1 aromatic carbocycles. The maximum atomic E-state index is 13.1. The summed E-state index contributed by atoms with van der Waals surface area (Å²) in [6.45, 7) is 2.64. The van der Waals surface area contributed by atoms with Gasteiger partial charge in [0, 0.05) is 16.6 Å². The van der Waals surface area contributed by atoms with Crippen molar-refractivity contribution in [3.63, 3.8) is 0 Å². The fourth-order valence-corrected chi connectivity index (χ4v) is 3.47. The van der Waals surface area contributed by atoms with Crippen LogP contribution in [0.1, 0.15) is 10.4 Å². The van der Waals surface area contributed by atoms with E-state index >= 15 is 0 Å². The van der Waals surface area contributed by atoms with E-state index < -0.39 is 36.7 Å². The molecule has 2 aromatic heterocycles. The van der Waals surface area contributed by atoms with Gasteiger partial charge in [-0.3, -0.25) is 19.0 Å². The van der Waals surface area contributed by atoms with Crippen LogP contribution in [0.3, 0.4) is 0 Å². The van der Waals surface area contributed by atoms with Crippen molar-refractivity contribution in [1.82, 2.24) is 9.55 Å². The molecule has 0 saturated carbocycles. The first kappa shape index (κ1) is 19.6. The second-order valence-electron chi connectivity index (χ2n) is 5.98. The molecule has 2 heterocycles. The number of benzene rings is 1. The summed E-state index contributed by atoms with van der Waals surface area (Å²) in [4.78, 5) is 42.0. The molecule has 7 nitrogen and oxygen atoms in total. The zero-order valence-corrected chi connectivity index (χ0v) is 15.7. The number of thiophene rings is 1. The van der Waals surface area contributed by atoms with Crippen LogP contribution < -0.4 is 10.9 Å². The normalized spacial score (nSPS) is 10.9. The van der Waals surface area contributed by atoms with Crippen LogP contribution in [0.25, 0.3) is 10.2 Å². The molecular weight excluding hydrogens is 392 g/mol. The summed E-state index contributed by atoms with van der Waals surface area (Å²) in [5.74, 6) is -3.70. The lowest BCUT2D eigenvalue weighted by molar-refractivity contribution is -0.147. The van der Waals surface area contributed by atoms with Crippen LogP contribution in [-0.2, 0) is 20.9 Å². The second-order valence-corrected chi connectivity index (χ2v) is 7.18. The van der Waals surface area contributed by atoms with Gasteiger partial charge in [-0.05, 0) is 31.5 Å². The van der Waals surface area contributed by atoms with Crippen LogP contribution in [0.5, 0.6) is 0 Å². The first-order valence-corrected chi connectivity index (χ1v) is 8.93. The minimum absolute atomic E-state index is 0.0223. The maximum Gasteiger partial charge on any atom is 0.326 e. The Morgan fingerprint density at radius 1 is 1.25 bits per heavy atom. The number of amides is 1. The summed E-state index contributed by atoms with van der Waals surface area (Å²) in [7, 11) is 0. The Balaban J connectivity index is 1.61. The second kappa shape index (κ2) is 7.85. The SMILES string of the molecule is Cc1sc2ncn(CC(=O)OCC(=O)Nc3ccc(F)c(F)c3)c(=O)c2c1C. The molecule has 0 saturated heterocycles. The molecule has 10 heteroatoms. The predicted molar refractivity (Wildman–Crippen MR) is 99.3 cm³/mol. The Hall–Kier alpha value is -3.14. The number of anilines is 1. The quantitative estimate of drug-likeness (QED) is 0.657. The number of fused-ring (bicyclic) bond motifs is 1. The zero-order valence-electron chi connectivity index (χ0n) is 14.9. The first-order valence-electron chi connectivity index (χ1n) is 8.12. The van der Waals surface area contributed by atoms with Gasteiger partial charge in [0.25, 0.3) is 11.5 Å². The minimum Gasteiger partial charge on any atom is -0.454 e. The number of carbonyl (C=O) groups excluding carboxylic acids is 2. The van der Waals surface area contributed by atoms with Gasteiger partial charge >= 0.3 is 5.97 Å². The smallest absolute Gasteiger partial charge is 0.326 e. The minimum atomic E-state index is -1.11. The zero-order chi connectivity index (χ0) is 20.4. The number of carbonyl (C=O) groups is 2. The van der Waals surface area contributed by atoms with Crippen LogP contribution in [-0.4, -0.2) is 28.0 Å². The molecule has 0 unspecified atom stereocenters. The number of rotatable bonds is 5. The van der Waals surface area contributed by atoms with Gasteiger partial charge in [0.1, 0.15) is 11.4 Å². The van der Waals surface area contributed by atoms with E-state index in [-0.39, 0.29) is 11.2 Å². The molecule has 146 valence electrons. The number of aryl methyl sites for hydroxylation is 2. The summed E-state index contributed by atoms with van der Waals surface area (Å²) in [6.07, 6.45) is 1.25. The highest BCUT2D eigenvalue weighted by atomic mass is 32.1. The van der Waals surface area contributed by atoms with Crippen molar-refractivity contribution in [3.05, 3.63) is 57.0 Å². The highest BCUT2D eigenvalue weighted by Gasteiger charge is 2.15. The van der Waals surface area contributed by atoms with Gasteiger partial charge in [0.05, 0.1) is 11.7 Å². The molecule has 0 aliphatic carbocycles. The van der Waals surface area contributed by atoms with E-state index in [9.17, 15) is 23.2 Å². The number of hydrogen-bond donors (Lipinski definition) is 1. The third kappa shape index (κ3) is 4.06. The fourth-order valence-electron chi connectivity index (χ4n) is 2.48. The molecule has 1 amide bonds. The maximum absolute atomic E-state index is 13.1. The van der Waals surface area contributed by atoms with Crippen molar-refractivity contribution in [2.75, 3.05) is 11.9 Å². The van der Waals surface area contributed by atoms with E-state index in [0.29, 0.717) is 10.2 Å². The van der Waals surface area contributed by atoms with Gasteiger partial charge in [-0.15, -0.1) is 11.3 Å². The number of nitrogens with one attached hydrogen (secondary N) is 1. The summed E-state index contributed by atoms with van der Waals surface area (Å²) >= 11 is 1.39. The number of hydrogen-bond acceptors (Lipinski definition) is 6. The molecule has 3 aromatic rings. The Bertz CT molecular complexity index is 1140. The molecular formula is C18H15F2N3O4S. The summed E-state index contributed by atoms with van der Waals surface area (Å²) in [6, 6.07) is 2.84. The molecule has 0 spiro atoms. The number of aromatic nitrogens is 2. The van der Waals surface area contributed by atoms with Crippen molar-refractivity contribution in [3.8, 4) is 0 Å². The van der Waals surface area contributed by atoms with Crippen molar-refractivity contribution < 1.29 is 23.1 Å². The van der Waals surface area contributed by atoms with Gasteiger partial charge in [-0.2, -0.15) is 0 Å². The van der Waals surface area contributed by atoms with Gasteiger partial charge in [-0.25, -0.2) is 13.8 Å². The lowest BCUT2D eigenvalue weighted by Crippen LogP contribution is -2.28. The highest BCUT2D eigenvalue weighted by Crippen LogP contribution is 2.25. The molecule has 0 aliphatic heterocycles. The molecule has 1 N–H and O–H groups in total. The van der Waals surface area contributed by atoms with Crippen molar-refractivity contribution >= 4 is 39.1 Å². The molecule has 0 aliphatic rings. The Kier molecular flexibility index (Phi) is 5.50. The average molecular weight is 407 g/mol. The Labute approximate surface area is 161 Å². The fraction of sp³-hybridized carbons (Fsp3) is 0.222. The van der Waals surface area contributed by atoms with Gasteiger partial charge < -0.3 is 10.1 Å². The van der Waals surface area contributed by atoms with Gasteiger partial charge in [0.2, 0.25) is 0 Å². The average Bonchev–Trinajstić information content (AvgIpc) is 2.94. The molecule has 0 atom stereocenters. The number of ether oxygens (including phenoxy) is 1. The third-order valence-electron chi connectivity index (χ3n) is 4.02. The molecule has 0 radical (unpaired) electrons. The standard InChI is InChI=1S/C18H15F2N3O4S/c1-9-10(2)28-17-16(9)18(26)23(8-21-17)6-15(25)27-7-14(24)22-11-3-4-12(19)13(20)5-11/h3-5,8H,6-7H2,1-2H3,(H,22,24). The van der Waals surface area contributed by atoms with E-state index in [1.165, 1.54) is 23.7 Å². The predicted octanol–water partition coefficient (Wildman–Crippen LogP) is 2.53. The summed E-state index contributed by atoms with van der Waals surface area (Å²) < 4.78 is 31.9. The highest BCUT2D eigenvalue weighted by molar-refractivity contribution is 7.18. The van der Waals surface area contributed by atoms with Crippen LogP contribution in [0, 0.1) is 25.5 Å². The van der Waals surface area contributed by atoms with E-state index in [4.69, 9.17) is 4.74 Å². The third-order valence-corrected chi connectivity index (χ3v) is 5.14. The molecule has 0 fully saturated rings. The number of halogens is 2. The van der Waals surface area contributed by atoms with E-state index in [1.807, 2.05) is 13.8 Å². The number of esters is 1. The molecule has 3 rings (SSSR count). The lowest BCUT2D eigenvalue weighted by atomic mass is 10.2. The topological polar surface area (TPSA) is 90.3 Å². The summed E-state index contributed by atoms with van der Waals surface area (Å²) in [5.41, 5.74) is 0.468. The van der Waals surface area contributed by atoms with E-state index in [1.54, 1.807) is 0 Å². The van der Waals surface area contributed by atoms with Gasteiger partial charge in [-0.1, -0.05) is 0 Å². The van der Waals surface area contributed by atoms with E-state index in [0.717, 1.165) is 27.1 Å². The Morgan fingerprint density at radius 3 is 2.71 bits per heavy atom. The van der Waals surface area contributed by atoms with Crippen LogP contribution >= 0.6 is 11.3 Å². The van der Waals surface area contributed by atoms with Crippen molar-refractivity contribution in [1.29, 1.82) is 0 Å². The monoisotopic (exact) mass is 407 g/mol. The van der Waals surface area contributed by atoms with Crippen molar-refractivity contribution in [2.45, 2.75) is 20.4 Å². The summed E-state index contributed by atoms with van der Waals surface area (Å²) in [5, 5.41) is 2.73. The van der Waals surface area contributed by atoms with Crippen LogP contribution in [0.2, 0.25) is 0 Å². The lowest BCUT2D eigenvalue weighted by Gasteiger charge is -2.08. The molecule has 0 bridgehead atoms. The largest absolute Gasteiger partial charge is 0.454 e. The number of nitrogens with zero attached hydrogens (tertiary/aromatic N) is 2. The molecule has 28 heavy (non-hydrogen) atoms. The van der Waals surface area contributed by atoms with Gasteiger partial charge in [0.15, 0.2) is 18.2 Å². The first-order chi connectivity index (χ1) is 13.3. The Morgan fingerprint density at radius 2 is 2.00 bits per heavy atom. The van der Waals surface area contributed by atoms with Crippen LogP contribution in [0.4, 0.5) is 14.5 Å². The van der Waals surface area contributed by atoms with E-state index in [2.05, 4.69) is 10.3 Å².